The molecule has 35 heavy (non-hydrogen) atoms. The first-order valence-electron chi connectivity index (χ1n) is 14.0. The number of Topliss-reactive ketones (excluding diaryl/α,β-unsaturated/α-hetero) is 1. The van der Waals surface area contributed by atoms with Crippen molar-refractivity contribution >= 4 is 17.5 Å². The lowest BCUT2D eigenvalue weighted by atomic mass is 9.33. The lowest BCUT2D eigenvalue weighted by molar-refractivity contribution is -0.188. The number of carbonyl (C=O) groups is 3. The summed E-state index contributed by atoms with van der Waals surface area (Å²) in [6, 6.07) is 0. The van der Waals surface area contributed by atoms with Crippen LogP contribution >= 0.6 is 0 Å². The number of rotatable bonds is 1. The number of hydrogen-bond donors (Lipinski definition) is 0. The second-order valence-electron chi connectivity index (χ2n) is 14.9. The quantitative estimate of drug-likeness (QED) is 0.390. The van der Waals surface area contributed by atoms with Gasteiger partial charge in [0.05, 0.1) is 12.5 Å². The maximum atomic E-state index is 14.3. The van der Waals surface area contributed by atoms with E-state index in [0.29, 0.717) is 12.2 Å². The Hall–Kier alpha value is -1.45. The van der Waals surface area contributed by atoms with E-state index in [4.69, 9.17) is 4.74 Å². The predicted octanol–water partition coefficient (Wildman–Crippen LogP) is 6.71. The number of fused-ring (bicyclic) bond motifs is 7. The molecular formula is C31H46O4. The van der Waals surface area contributed by atoms with E-state index in [1.165, 1.54) is 12.7 Å². The van der Waals surface area contributed by atoms with Gasteiger partial charge in [0.1, 0.15) is 5.78 Å². The first kappa shape index (κ1) is 25.2. The maximum absolute atomic E-state index is 14.3. The monoisotopic (exact) mass is 482 g/mol. The Morgan fingerprint density at radius 3 is 2.23 bits per heavy atom. The molecule has 0 heterocycles. The second kappa shape index (κ2) is 7.32. The van der Waals surface area contributed by atoms with E-state index in [1.54, 1.807) is 0 Å². The van der Waals surface area contributed by atoms with Crippen LogP contribution in [0.5, 0.6) is 0 Å². The molecule has 4 fully saturated rings. The van der Waals surface area contributed by atoms with Crippen LogP contribution in [0.2, 0.25) is 0 Å². The molecule has 0 aromatic heterocycles. The molecule has 194 valence electrons. The molecule has 0 radical (unpaired) electrons. The van der Waals surface area contributed by atoms with E-state index >= 15 is 0 Å². The largest absolute Gasteiger partial charge is 0.469 e. The van der Waals surface area contributed by atoms with Crippen molar-refractivity contribution in [2.75, 3.05) is 7.11 Å². The first-order valence-corrected chi connectivity index (χ1v) is 14.0. The fourth-order valence-electron chi connectivity index (χ4n) is 10.4. The Labute approximate surface area is 212 Å². The zero-order valence-electron chi connectivity index (χ0n) is 23.3. The van der Waals surface area contributed by atoms with Gasteiger partial charge in [-0.1, -0.05) is 47.1 Å². The van der Waals surface area contributed by atoms with Crippen molar-refractivity contribution in [1.82, 2.24) is 0 Å². The molecule has 0 N–H and O–H groups in total. The molecule has 8 atom stereocenters. The van der Waals surface area contributed by atoms with Crippen molar-refractivity contribution in [2.45, 2.75) is 106 Å². The van der Waals surface area contributed by atoms with Crippen molar-refractivity contribution in [3.8, 4) is 0 Å². The molecule has 0 amide bonds. The van der Waals surface area contributed by atoms with Gasteiger partial charge in [-0.3, -0.25) is 14.4 Å². The number of ether oxygens (including phenoxy) is 1. The van der Waals surface area contributed by atoms with Gasteiger partial charge in [0.25, 0.3) is 0 Å². The van der Waals surface area contributed by atoms with E-state index < -0.39 is 5.41 Å². The van der Waals surface area contributed by atoms with Gasteiger partial charge in [-0.05, 0) is 97.9 Å². The molecule has 0 aromatic rings. The minimum absolute atomic E-state index is 0.0465. The van der Waals surface area contributed by atoms with Crippen molar-refractivity contribution in [3.63, 3.8) is 0 Å². The number of ketones is 2. The smallest absolute Gasteiger partial charge is 0.311 e. The zero-order valence-corrected chi connectivity index (χ0v) is 23.3. The Morgan fingerprint density at radius 2 is 1.57 bits per heavy atom. The third-order valence-electron chi connectivity index (χ3n) is 13.0. The van der Waals surface area contributed by atoms with Crippen LogP contribution in [0.15, 0.2) is 11.6 Å². The number of methoxy groups -OCH3 is 1. The lowest BCUT2D eigenvalue weighted by Crippen LogP contribution is -2.66. The van der Waals surface area contributed by atoms with Gasteiger partial charge in [0.2, 0.25) is 0 Å². The van der Waals surface area contributed by atoms with Crippen LogP contribution in [0.1, 0.15) is 106 Å². The average Bonchev–Trinajstić information content (AvgIpc) is 2.78. The van der Waals surface area contributed by atoms with Gasteiger partial charge in [-0.2, -0.15) is 0 Å². The van der Waals surface area contributed by atoms with Crippen LogP contribution in [0.3, 0.4) is 0 Å². The van der Waals surface area contributed by atoms with Gasteiger partial charge in [0, 0.05) is 17.8 Å². The van der Waals surface area contributed by atoms with Crippen LogP contribution in [0.25, 0.3) is 0 Å². The van der Waals surface area contributed by atoms with E-state index in [-0.39, 0.29) is 56.6 Å². The van der Waals surface area contributed by atoms with Crippen molar-refractivity contribution in [3.05, 3.63) is 11.6 Å². The molecule has 0 saturated heterocycles. The zero-order chi connectivity index (χ0) is 25.8. The van der Waals surface area contributed by atoms with Gasteiger partial charge >= 0.3 is 5.97 Å². The summed E-state index contributed by atoms with van der Waals surface area (Å²) in [7, 11) is 1.50. The van der Waals surface area contributed by atoms with Crippen molar-refractivity contribution < 1.29 is 19.1 Å². The fourth-order valence-corrected chi connectivity index (χ4v) is 10.4. The first-order chi connectivity index (χ1) is 16.1. The summed E-state index contributed by atoms with van der Waals surface area (Å²) >= 11 is 0. The van der Waals surface area contributed by atoms with E-state index in [1.807, 2.05) is 0 Å². The second-order valence-corrected chi connectivity index (χ2v) is 14.9. The number of hydrogen-bond acceptors (Lipinski definition) is 4. The average molecular weight is 483 g/mol. The number of carbonyl (C=O) groups excluding carboxylic acids is 3. The van der Waals surface area contributed by atoms with Crippen LogP contribution < -0.4 is 0 Å². The fraction of sp³-hybridized carbons (Fsp3) is 0.839. The van der Waals surface area contributed by atoms with Gasteiger partial charge < -0.3 is 4.74 Å². The summed E-state index contributed by atoms with van der Waals surface area (Å²) in [4.78, 5) is 40.0. The standard InChI is InChI=1S/C31H46O4/c1-26(2)22-9-12-31(7)24(29(22,5)11-10-23(26)33)21(32)17-19-20-18-28(4,25(34)35-8)14-13-27(20,3)15-16-30(19,31)6/h17,20,22,24H,9-16,18H2,1-8H3/t20-,22-,24+,27+,28-,29-,30+,31+/m0/s1. The molecule has 4 nitrogen and oxygen atoms in total. The lowest BCUT2D eigenvalue weighted by Gasteiger charge is -2.69. The Bertz CT molecular complexity index is 1020. The topological polar surface area (TPSA) is 60.4 Å². The number of esters is 1. The van der Waals surface area contributed by atoms with Gasteiger partial charge in [-0.25, -0.2) is 0 Å². The van der Waals surface area contributed by atoms with Gasteiger partial charge in [-0.15, -0.1) is 0 Å². The molecule has 4 heteroatoms. The van der Waals surface area contributed by atoms with Crippen LogP contribution in [0.4, 0.5) is 0 Å². The summed E-state index contributed by atoms with van der Waals surface area (Å²) in [6.45, 7) is 15.9. The molecule has 0 aliphatic heterocycles. The highest BCUT2D eigenvalue weighted by molar-refractivity contribution is 5.96. The summed E-state index contributed by atoms with van der Waals surface area (Å²) in [5.41, 5.74) is 0.244. The van der Waals surface area contributed by atoms with E-state index in [9.17, 15) is 14.4 Å². The molecule has 4 saturated carbocycles. The Morgan fingerprint density at radius 1 is 0.914 bits per heavy atom. The summed E-state index contributed by atoms with van der Waals surface area (Å²) < 4.78 is 5.24. The Kier molecular flexibility index (Phi) is 5.27. The maximum Gasteiger partial charge on any atom is 0.311 e. The third-order valence-corrected chi connectivity index (χ3v) is 13.0. The summed E-state index contributed by atoms with van der Waals surface area (Å²) in [5.74, 6) is 0.980. The molecule has 0 spiro atoms. The SMILES string of the molecule is COC(=O)[C@@]1(C)CC[C@]2(C)CC[C@]3(C)C(=CC(=O)[C@@H]4[C@@]5(C)CCC(=O)C(C)(C)[C@@H]5CC[C@]43C)[C@@H]2C1. The highest BCUT2D eigenvalue weighted by atomic mass is 16.5. The van der Waals surface area contributed by atoms with Crippen LogP contribution in [-0.2, 0) is 19.1 Å². The molecule has 0 aromatic carbocycles. The number of allylic oxidation sites excluding steroid dienone is 2. The predicted molar refractivity (Wildman–Crippen MR) is 136 cm³/mol. The molecule has 5 aliphatic carbocycles. The molecule has 5 rings (SSSR count). The van der Waals surface area contributed by atoms with Crippen molar-refractivity contribution in [1.29, 1.82) is 0 Å². The van der Waals surface area contributed by atoms with Crippen molar-refractivity contribution in [2.24, 2.45) is 50.2 Å². The minimum Gasteiger partial charge on any atom is -0.469 e. The highest BCUT2D eigenvalue weighted by Crippen LogP contribution is 2.74. The normalized spacial score (nSPS) is 50.7. The molecule has 0 bridgehead atoms. The van der Waals surface area contributed by atoms with Crippen LogP contribution in [-0.4, -0.2) is 24.6 Å². The van der Waals surface area contributed by atoms with Crippen LogP contribution in [0, 0.1) is 50.2 Å². The van der Waals surface area contributed by atoms with E-state index in [0.717, 1.165) is 51.4 Å². The van der Waals surface area contributed by atoms with E-state index in [2.05, 4.69) is 54.5 Å². The summed E-state index contributed by atoms with van der Waals surface area (Å²) in [6.07, 6.45) is 10.3. The molecular weight excluding hydrogens is 436 g/mol. The third kappa shape index (κ3) is 3.00. The molecule has 0 unspecified atom stereocenters. The minimum atomic E-state index is -0.490. The highest BCUT2D eigenvalue weighted by Gasteiger charge is 2.70. The summed E-state index contributed by atoms with van der Waals surface area (Å²) in [5, 5.41) is 0. The van der Waals surface area contributed by atoms with Gasteiger partial charge in [0.15, 0.2) is 5.78 Å². The Balaban J connectivity index is 1.62. The molecule has 5 aliphatic rings.